The van der Waals surface area contributed by atoms with E-state index in [0.29, 0.717) is 0 Å². The van der Waals surface area contributed by atoms with Crippen LogP contribution in [0.2, 0.25) is 0 Å². The van der Waals surface area contributed by atoms with Crippen LogP contribution >= 0.6 is 10.8 Å². The van der Waals surface area contributed by atoms with Crippen LogP contribution in [0.25, 0.3) is 0 Å². The summed E-state index contributed by atoms with van der Waals surface area (Å²) in [5.74, 6) is 0. The highest BCUT2D eigenvalue weighted by Gasteiger charge is 1.79. The molecule has 3 heteroatoms. The van der Waals surface area contributed by atoms with E-state index < -0.39 is 9.83 Å². The zero-order valence-corrected chi connectivity index (χ0v) is 6.01. The average molecular weight is 136 g/mol. The van der Waals surface area contributed by atoms with Crippen molar-refractivity contribution in [2.24, 2.45) is 0 Å². The smallest absolute Gasteiger partial charge is 0.0815 e. The first-order valence-electron chi connectivity index (χ1n) is 1.89. The standard InChI is InChI=1S/C4H8OS2/c1-3-4-6-7(2)5/h3-4H,1-2H3/b4-3-/t7-/m0/s1. The van der Waals surface area contributed by atoms with Gasteiger partial charge >= 0.3 is 0 Å². The fourth-order valence-electron chi connectivity index (χ4n) is 0.134. The van der Waals surface area contributed by atoms with Crippen molar-refractivity contribution in [3.8, 4) is 0 Å². The van der Waals surface area contributed by atoms with Crippen LogP contribution < -0.4 is 0 Å². The van der Waals surface area contributed by atoms with Crippen LogP contribution in [0.15, 0.2) is 11.5 Å². The lowest BCUT2D eigenvalue weighted by Gasteiger charge is -1.79. The molecular weight excluding hydrogens is 128 g/mol. The largest absolute Gasteiger partial charge is 0.248 e. The molecular formula is C4H8OS2. The normalized spacial score (nSPS) is 15.1. The molecule has 0 aliphatic rings. The maximum atomic E-state index is 10.2. The summed E-state index contributed by atoms with van der Waals surface area (Å²) >= 11 is 0. The maximum Gasteiger partial charge on any atom is 0.0815 e. The predicted molar refractivity (Wildman–Crippen MR) is 36.5 cm³/mol. The molecule has 1 nitrogen and oxygen atoms in total. The van der Waals surface area contributed by atoms with E-state index in [1.165, 1.54) is 10.8 Å². The summed E-state index contributed by atoms with van der Waals surface area (Å²) in [6.07, 6.45) is 3.52. The van der Waals surface area contributed by atoms with Gasteiger partial charge in [-0.2, -0.15) is 0 Å². The predicted octanol–water partition coefficient (Wildman–Crippen LogP) is 1.55. The van der Waals surface area contributed by atoms with Gasteiger partial charge in [-0.1, -0.05) is 6.08 Å². The number of hydrogen-bond acceptors (Lipinski definition) is 2. The Morgan fingerprint density at radius 3 is 2.43 bits per heavy atom. The van der Waals surface area contributed by atoms with Gasteiger partial charge in [0.1, 0.15) is 0 Å². The Morgan fingerprint density at radius 2 is 2.29 bits per heavy atom. The molecule has 0 bridgehead atoms. The van der Waals surface area contributed by atoms with Gasteiger partial charge in [0.2, 0.25) is 0 Å². The zero-order valence-electron chi connectivity index (χ0n) is 4.38. The first-order chi connectivity index (χ1) is 3.27. The van der Waals surface area contributed by atoms with Crippen LogP contribution in [0.5, 0.6) is 0 Å². The van der Waals surface area contributed by atoms with Crippen molar-refractivity contribution >= 4 is 20.6 Å². The molecule has 0 saturated heterocycles. The number of hydrogen-bond donors (Lipinski definition) is 0. The molecule has 0 rings (SSSR count). The third kappa shape index (κ3) is 6.24. The molecule has 0 aromatic heterocycles. The maximum absolute atomic E-state index is 10.2. The second kappa shape index (κ2) is 4.40. The Kier molecular flexibility index (Phi) is 4.55. The van der Waals surface area contributed by atoms with Gasteiger partial charge in [-0.25, -0.2) is 4.21 Å². The molecule has 0 fully saturated rings. The van der Waals surface area contributed by atoms with Gasteiger partial charge < -0.3 is 0 Å². The van der Waals surface area contributed by atoms with Gasteiger partial charge in [0.15, 0.2) is 0 Å². The monoisotopic (exact) mass is 136 g/mol. The van der Waals surface area contributed by atoms with Gasteiger partial charge in [0, 0.05) is 6.26 Å². The molecule has 0 N–H and O–H groups in total. The van der Waals surface area contributed by atoms with Gasteiger partial charge in [0.25, 0.3) is 0 Å². The quantitative estimate of drug-likeness (QED) is 0.536. The van der Waals surface area contributed by atoms with Crippen molar-refractivity contribution in [2.45, 2.75) is 6.92 Å². The fraction of sp³-hybridized carbons (Fsp3) is 0.500. The zero-order chi connectivity index (χ0) is 5.70. The topological polar surface area (TPSA) is 17.1 Å². The van der Waals surface area contributed by atoms with Gasteiger partial charge in [-0.15, -0.1) is 0 Å². The van der Waals surface area contributed by atoms with E-state index in [0.717, 1.165) is 0 Å². The second-order valence-corrected chi connectivity index (χ2v) is 4.22. The summed E-state index contributed by atoms with van der Waals surface area (Å²) in [6.45, 7) is 1.90. The van der Waals surface area contributed by atoms with Crippen LogP contribution in [0, 0.1) is 0 Å². The Morgan fingerprint density at radius 1 is 1.71 bits per heavy atom. The summed E-state index contributed by atoms with van der Waals surface area (Å²) < 4.78 is 10.2. The van der Waals surface area contributed by atoms with E-state index in [-0.39, 0.29) is 0 Å². The molecule has 42 valence electrons. The van der Waals surface area contributed by atoms with Gasteiger partial charge in [-0.05, 0) is 23.1 Å². The highest BCUT2D eigenvalue weighted by molar-refractivity contribution is 8.70. The highest BCUT2D eigenvalue weighted by Crippen LogP contribution is 2.04. The van der Waals surface area contributed by atoms with Crippen LogP contribution in [0.1, 0.15) is 6.92 Å². The number of rotatable bonds is 2. The minimum Gasteiger partial charge on any atom is -0.248 e. The molecule has 0 unspecified atom stereocenters. The van der Waals surface area contributed by atoms with Crippen LogP contribution in [-0.2, 0) is 9.83 Å². The SMILES string of the molecule is C/C=C\S[S@@](C)=O. The summed E-state index contributed by atoms with van der Waals surface area (Å²) in [7, 11) is 0.587. The minimum absolute atomic E-state index is 0.736. The Labute approximate surface area is 50.0 Å². The van der Waals surface area contributed by atoms with Crippen molar-refractivity contribution in [1.82, 2.24) is 0 Å². The summed E-state index contributed by atoms with van der Waals surface area (Å²) in [5, 5.41) is 1.82. The molecule has 0 radical (unpaired) electrons. The molecule has 0 amide bonds. The Hall–Kier alpha value is 0.240. The van der Waals surface area contributed by atoms with E-state index in [4.69, 9.17) is 0 Å². The van der Waals surface area contributed by atoms with Crippen LogP contribution in [0.3, 0.4) is 0 Å². The third-order valence-corrected chi connectivity index (χ3v) is 2.13. The van der Waals surface area contributed by atoms with Crippen molar-refractivity contribution in [1.29, 1.82) is 0 Å². The molecule has 0 aliphatic heterocycles. The van der Waals surface area contributed by atoms with Gasteiger partial charge in [-0.3, -0.25) is 0 Å². The lowest BCUT2D eigenvalue weighted by molar-refractivity contribution is 0.695. The lowest BCUT2D eigenvalue weighted by Crippen LogP contribution is -1.67. The summed E-state index contributed by atoms with van der Waals surface area (Å²) in [6, 6.07) is 0. The first kappa shape index (κ1) is 7.24. The van der Waals surface area contributed by atoms with Crippen molar-refractivity contribution in [2.75, 3.05) is 6.26 Å². The van der Waals surface area contributed by atoms with Crippen molar-refractivity contribution in [3.05, 3.63) is 11.5 Å². The van der Waals surface area contributed by atoms with E-state index in [1.807, 2.05) is 18.4 Å². The molecule has 0 heterocycles. The molecule has 0 saturated carbocycles. The lowest BCUT2D eigenvalue weighted by atomic mass is 10.8. The molecule has 0 aliphatic carbocycles. The highest BCUT2D eigenvalue weighted by atomic mass is 33.1. The first-order valence-corrected chi connectivity index (χ1v) is 4.84. The third-order valence-electron chi connectivity index (χ3n) is 0.327. The second-order valence-electron chi connectivity index (χ2n) is 0.967. The molecule has 0 spiro atoms. The average Bonchev–Trinajstić information content (AvgIpc) is 1.61. The van der Waals surface area contributed by atoms with Crippen LogP contribution in [0.4, 0.5) is 0 Å². The van der Waals surface area contributed by atoms with E-state index >= 15 is 0 Å². The van der Waals surface area contributed by atoms with Crippen molar-refractivity contribution in [3.63, 3.8) is 0 Å². The molecule has 0 aromatic rings. The summed E-state index contributed by atoms with van der Waals surface area (Å²) in [4.78, 5) is 0. The minimum atomic E-state index is -0.736. The van der Waals surface area contributed by atoms with E-state index in [2.05, 4.69) is 0 Å². The van der Waals surface area contributed by atoms with Crippen molar-refractivity contribution < 1.29 is 4.21 Å². The molecule has 7 heavy (non-hydrogen) atoms. The molecule has 1 atom stereocenters. The van der Waals surface area contributed by atoms with Crippen LogP contribution in [-0.4, -0.2) is 10.5 Å². The van der Waals surface area contributed by atoms with Gasteiger partial charge in [0.05, 0.1) is 9.83 Å². The van der Waals surface area contributed by atoms with E-state index in [1.54, 1.807) is 6.26 Å². The summed E-state index contributed by atoms with van der Waals surface area (Å²) in [5.41, 5.74) is 0. The fourth-order valence-corrected chi connectivity index (χ4v) is 1.20. The molecule has 0 aromatic carbocycles. The Bertz CT molecular complexity index is 87.7. The van der Waals surface area contributed by atoms with E-state index in [9.17, 15) is 4.21 Å². The number of allylic oxidation sites excluding steroid dienone is 1. The Balaban J connectivity index is 3.14.